The zero-order valence-electron chi connectivity index (χ0n) is 25.0. The topological polar surface area (TPSA) is 115 Å². The van der Waals surface area contributed by atoms with Crippen LogP contribution in [0.3, 0.4) is 0 Å². The fourth-order valence-corrected chi connectivity index (χ4v) is 10.2. The predicted molar refractivity (Wildman–Crippen MR) is 165 cm³/mol. The Kier molecular flexibility index (Phi) is 7.46. The Morgan fingerprint density at radius 1 is 1.23 bits per heavy atom. The van der Waals surface area contributed by atoms with E-state index >= 15 is 4.11 Å². The van der Waals surface area contributed by atoms with E-state index in [9.17, 15) is 19.5 Å². The van der Waals surface area contributed by atoms with Gasteiger partial charge in [0.2, 0.25) is 20.2 Å². The summed E-state index contributed by atoms with van der Waals surface area (Å²) in [5, 5.41) is 13.7. The average Bonchev–Trinajstić information content (AvgIpc) is 3.71. The second-order valence-corrected chi connectivity index (χ2v) is 16.5. The first-order chi connectivity index (χ1) is 20.5. The third-order valence-corrected chi connectivity index (χ3v) is 12.1. The van der Waals surface area contributed by atoms with E-state index in [1.807, 2.05) is 37.4 Å². The van der Waals surface area contributed by atoms with Crippen LogP contribution >= 0.6 is 0 Å². The normalized spacial score (nSPS) is 27.0. The highest BCUT2D eigenvalue weighted by molar-refractivity contribution is 6.72. The summed E-state index contributed by atoms with van der Waals surface area (Å²) < 4.78 is 22.7. The summed E-state index contributed by atoms with van der Waals surface area (Å²) in [7, 11) is -1.77. The number of nitrogens with zero attached hydrogens (tertiary/aromatic N) is 2. The number of rotatable bonds is 7. The number of amides is 3. The number of carbonyl (C=O) groups excluding carboxylic acids is 3. The monoisotopic (exact) mass is 606 g/mol. The first-order valence-corrected chi connectivity index (χ1v) is 18.0. The van der Waals surface area contributed by atoms with Crippen LogP contribution in [-0.2, 0) is 31.1 Å². The molecule has 1 spiro atoms. The molecule has 0 saturated carbocycles. The van der Waals surface area contributed by atoms with E-state index in [1.165, 1.54) is 4.90 Å². The maximum absolute atomic E-state index is 16.1. The minimum Gasteiger partial charge on any atom is -0.394 e. The van der Waals surface area contributed by atoms with Crippen molar-refractivity contribution < 1.29 is 28.3 Å². The lowest BCUT2D eigenvalue weighted by molar-refractivity contribution is -0.149. The van der Waals surface area contributed by atoms with Crippen LogP contribution in [0, 0.1) is 5.92 Å². The molecule has 11 heteroatoms. The number of aliphatic hydroxyl groups excluding tert-OH is 1. The Morgan fingerprint density at radius 2 is 2.00 bits per heavy atom. The lowest BCUT2D eigenvalue weighted by Crippen LogP contribution is -2.44. The predicted octanol–water partition coefficient (Wildman–Crippen LogP) is 4.47. The number of aromatic nitrogens is 1. The number of aromatic amines is 1. The number of nitrogens with one attached hydrogen (secondary N) is 2. The Bertz CT molecular complexity index is 1590. The smallest absolute Gasteiger partial charge is 0.264 e. The number of fused-ring (bicyclic) bond motifs is 3. The van der Waals surface area contributed by atoms with E-state index in [0.29, 0.717) is 23.5 Å². The molecule has 3 aliphatic rings. The highest BCUT2D eigenvalue weighted by Crippen LogP contribution is 2.60. The minimum atomic E-state index is -3.44. The summed E-state index contributed by atoms with van der Waals surface area (Å²) in [4.78, 5) is 46.9. The molecule has 1 aromatic heterocycles. The van der Waals surface area contributed by atoms with E-state index in [1.54, 1.807) is 43.2 Å². The SMILES string of the molecule is C[C@H]1[C@H]([Si](C)(C)F)[C@@H](CC(=O)N2CCC[C@H]2CO)O[C@]12C(=O)N(C)c1ccc(NC(=O)Cc3c[nH]c4ccccc34)cc12. The molecule has 2 fully saturated rings. The van der Waals surface area contributed by atoms with Crippen molar-refractivity contribution in [2.45, 2.75) is 69.0 Å². The number of likely N-dealkylation sites (tertiary alicyclic amines) is 1. The third-order valence-electron chi connectivity index (χ3n) is 9.68. The lowest BCUT2D eigenvalue weighted by atomic mass is 9.82. The Morgan fingerprint density at radius 3 is 2.74 bits per heavy atom. The van der Waals surface area contributed by atoms with E-state index in [-0.39, 0.29) is 43.2 Å². The second-order valence-electron chi connectivity index (χ2n) is 12.7. The largest absolute Gasteiger partial charge is 0.394 e. The maximum atomic E-state index is 16.1. The van der Waals surface area contributed by atoms with Gasteiger partial charge in [0.15, 0.2) is 5.60 Å². The van der Waals surface area contributed by atoms with Crippen LogP contribution in [0.5, 0.6) is 0 Å². The van der Waals surface area contributed by atoms with Gasteiger partial charge in [-0.25, -0.2) is 0 Å². The molecule has 5 atom stereocenters. The van der Waals surface area contributed by atoms with Crippen LogP contribution in [0.2, 0.25) is 18.6 Å². The second kappa shape index (κ2) is 10.9. The van der Waals surface area contributed by atoms with Crippen molar-refractivity contribution in [3.05, 3.63) is 59.8 Å². The van der Waals surface area contributed by atoms with Gasteiger partial charge in [-0.3, -0.25) is 14.4 Å². The lowest BCUT2D eigenvalue weighted by Gasteiger charge is -2.31. The van der Waals surface area contributed by atoms with Gasteiger partial charge in [0.05, 0.1) is 37.3 Å². The quantitative estimate of drug-likeness (QED) is 0.271. The summed E-state index contributed by atoms with van der Waals surface area (Å²) >= 11 is 0. The van der Waals surface area contributed by atoms with Gasteiger partial charge in [-0.2, -0.15) is 0 Å². The number of aliphatic hydroxyl groups is 1. The van der Waals surface area contributed by atoms with Gasteiger partial charge in [-0.05, 0) is 55.8 Å². The number of hydrogen-bond donors (Lipinski definition) is 3. The van der Waals surface area contributed by atoms with Gasteiger partial charge in [-0.1, -0.05) is 25.1 Å². The summed E-state index contributed by atoms with van der Waals surface area (Å²) in [6.07, 6.45) is 2.68. The number of para-hydroxylation sites is 1. The Balaban J connectivity index is 1.30. The summed E-state index contributed by atoms with van der Waals surface area (Å²) in [5.74, 6) is -1.24. The number of hydrogen-bond acceptors (Lipinski definition) is 5. The molecule has 0 aliphatic carbocycles. The van der Waals surface area contributed by atoms with Crippen LogP contribution in [0.1, 0.15) is 37.3 Å². The molecule has 2 saturated heterocycles. The van der Waals surface area contributed by atoms with E-state index in [2.05, 4.69) is 10.3 Å². The molecule has 43 heavy (non-hydrogen) atoms. The van der Waals surface area contributed by atoms with Crippen molar-refractivity contribution in [1.82, 2.24) is 9.88 Å². The molecule has 9 nitrogen and oxygen atoms in total. The zero-order valence-corrected chi connectivity index (χ0v) is 26.0. The van der Waals surface area contributed by atoms with Crippen LogP contribution < -0.4 is 10.2 Å². The molecule has 3 aromatic rings. The van der Waals surface area contributed by atoms with Crippen molar-refractivity contribution in [2.24, 2.45) is 5.92 Å². The van der Waals surface area contributed by atoms with Crippen molar-refractivity contribution in [1.29, 1.82) is 0 Å². The van der Waals surface area contributed by atoms with Crippen molar-refractivity contribution in [3.8, 4) is 0 Å². The molecule has 0 unspecified atom stereocenters. The minimum absolute atomic E-state index is 0.0546. The Labute approximate surface area is 251 Å². The van der Waals surface area contributed by atoms with Gasteiger partial charge in [-0.15, -0.1) is 0 Å². The van der Waals surface area contributed by atoms with Crippen LogP contribution in [-0.4, -0.2) is 73.5 Å². The fourth-order valence-electron chi connectivity index (χ4n) is 7.73. The number of H-pyrrole nitrogens is 1. The highest BCUT2D eigenvalue weighted by Gasteiger charge is 2.66. The number of anilines is 2. The van der Waals surface area contributed by atoms with Gasteiger partial charge >= 0.3 is 0 Å². The van der Waals surface area contributed by atoms with E-state index in [4.69, 9.17) is 4.74 Å². The maximum Gasteiger partial charge on any atom is 0.264 e. The third kappa shape index (κ3) is 4.87. The first-order valence-electron chi connectivity index (χ1n) is 15.0. The fraction of sp³-hybridized carbons (Fsp3) is 0.469. The van der Waals surface area contributed by atoms with Crippen LogP contribution in [0.4, 0.5) is 15.5 Å². The van der Waals surface area contributed by atoms with Crippen molar-refractivity contribution >= 4 is 48.4 Å². The van der Waals surface area contributed by atoms with Crippen LogP contribution in [0.25, 0.3) is 10.9 Å². The molecule has 3 amide bonds. The molecule has 2 aromatic carbocycles. The first kappa shape index (κ1) is 29.5. The molecule has 0 bridgehead atoms. The number of halogens is 1. The molecular formula is C32H39FN4O5Si. The van der Waals surface area contributed by atoms with Crippen molar-refractivity contribution in [3.63, 3.8) is 0 Å². The number of likely N-dealkylation sites (N-methyl/N-ethyl adjacent to an activating group) is 1. The summed E-state index contributed by atoms with van der Waals surface area (Å²) in [5.41, 5.74) is 1.46. The van der Waals surface area contributed by atoms with Crippen LogP contribution in [0.15, 0.2) is 48.7 Å². The molecule has 3 N–H and O–H groups in total. The van der Waals surface area contributed by atoms with Gasteiger partial charge < -0.3 is 34.1 Å². The van der Waals surface area contributed by atoms with Gasteiger partial charge in [0.25, 0.3) is 5.91 Å². The number of benzene rings is 2. The summed E-state index contributed by atoms with van der Waals surface area (Å²) in [6, 6.07) is 12.8. The van der Waals surface area contributed by atoms with E-state index < -0.39 is 31.6 Å². The molecule has 0 radical (unpaired) electrons. The Hall–Kier alpha value is -3.54. The average molecular weight is 607 g/mol. The molecule has 6 rings (SSSR count). The number of carbonyl (C=O) groups is 3. The molecule has 3 aliphatic heterocycles. The molecular weight excluding hydrogens is 567 g/mol. The molecule has 228 valence electrons. The molecule has 4 heterocycles. The zero-order chi connectivity index (χ0) is 30.7. The highest BCUT2D eigenvalue weighted by atomic mass is 28.4. The van der Waals surface area contributed by atoms with Gasteiger partial charge in [0, 0.05) is 53.4 Å². The van der Waals surface area contributed by atoms with Crippen molar-refractivity contribution in [2.75, 3.05) is 30.4 Å². The number of ether oxygens (including phenoxy) is 1. The van der Waals surface area contributed by atoms with E-state index in [0.717, 1.165) is 29.3 Å². The standard InChI is InChI=1S/C32H39FN4O5Si/c1-19-30(43(3,4)33)27(16-29(40)37-13-7-8-22(37)18-38)42-32(19)24-15-21(11-12-26(24)36(2)31(32)41)35-28(39)14-20-17-34-25-10-6-5-9-23(20)25/h5-6,9-12,15,17,19,22,27,30,34,38H,7-8,13-14,16,18H2,1-4H3,(H,35,39)/t19-,22-,27+,30-,32+/m0/s1. The van der Waals surface area contributed by atoms with Gasteiger partial charge in [0.1, 0.15) is 0 Å². The summed E-state index contributed by atoms with van der Waals surface area (Å²) in [6.45, 7) is 5.48.